The fourth-order valence-electron chi connectivity index (χ4n) is 3.33. The molecule has 0 amide bonds. The molecule has 0 unspecified atom stereocenters. The lowest BCUT2D eigenvalue weighted by Crippen LogP contribution is -2.14. The third-order valence-electron chi connectivity index (χ3n) is 5.00. The van der Waals surface area contributed by atoms with Gasteiger partial charge in [0.25, 0.3) is 0 Å². The number of thiazole rings is 1. The standard InChI is InChI=1S/C27H25NO4S/c1-3-30-27(29)17-32-25-14-13-23(15-19(25)2)31-16-26-28-24(18-33-26)22-11-9-21(10-12-22)20-7-5-4-6-8-20/h4-15,18H,3,16-17H2,1-2H3. The molecule has 0 spiro atoms. The number of carbonyl (C=O) groups excluding carboxylic acids is 1. The van der Waals surface area contributed by atoms with Gasteiger partial charge in [0.15, 0.2) is 6.61 Å². The number of esters is 1. The average Bonchev–Trinajstić information content (AvgIpc) is 3.32. The van der Waals surface area contributed by atoms with E-state index in [0.29, 0.717) is 19.0 Å². The van der Waals surface area contributed by atoms with Gasteiger partial charge >= 0.3 is 5.97 Å². The van der Waals surface area contributed by atoms with E-state index in [1.165, 1.54) is 11.1 Å². The van der Waals surface area contributed by atoms with Gasteiger partial charge in [-0.25, -0.2) is 9.78 Å². The van der Waals surface area contributed by atoms with E-state index in [4.69, 9.17) is 19.2 Å². The summed E-state index contributed by atoms with van der Waals surface area (Å²) in [5, 5.41) is 2.95. The van der Waals surface area contributed by atoms with Crippen LogP contribution in [0.3, 0.4) is 0 Å². The average molecular weight is 460 g/mol. The fraction of sp³-hybridized carbons (Fsp3) is 0.185. The number of benzene rings is 3. The first-order valence-electron chi connectivity index (χ1n) is 10.7. The second-order valence-electron chi connectivity index (χ2n) is 7.38. The van der Waals surface area contributed by atoms with Crippen LogP contribution < -0.4 is 9.47 Å². The van der Waals surface area contributed by atoms with E-state index in [-0.39, 0.29) is 12.6 Å². The second kappa shape index (κ2) is 10.8. The lowest BCUT2D eigenvalue weighted by atomic mass is 10.0. The Hall–Kier alpha value is -3.64. The first-order valence-corrected chi connectivity index (χ1v) is 11.6. The number of rotatable bonds is 9. The Bertz CT molecular complexity index is 1200. The Morgan fingerprint density at radius 3 is 2.36 bits per heavy atom. The molecule has 0 aliphatic rings. The molecule has 1 aromatic heterocycles. The predicted molar refractivity (Wildman–Crippen MR) is 131 cm³/mol. The van der Waals surface area contributed by atoms with Gasteiger partial charge in [-0.3, -0.25) is 0 Å². The van der Waals surface area contributed by atoms with Crippen LogP contribution in [0.5, 0.6) is 11.5 Å². The van der Waals surface area contributed by atoms with E-state index in [2.05, 4.69) is 36.4 Å². The molecule has 6 heteroatoms. The van der Waals surface area contributed by atoms with Crippen LogP contribution in [-0.4, -0.2) is 24.2 Å². The fourth-order valence-corrected chi connectivity index (χ4v) is 4.05. The van der Waals surface area contributed by atoms with Crippen LogP contribution in [0, 0.1) is 6.92 Å². The van der Waals surface area contributed by atoms with E-state index in [0.717, 1.165) is 27.6 Å². The van der Waals surface area contributed by atoms with Crippen LogP contribution in [0.25, 0.3) is 22.4 Å². The van der Waals surface area contributed by atoms with Gasteiger partial charge in [-0.1, -0.05) is 54.6 Å². The lowest BCUT2D eigenvalue weighted by Gasteiger charge is -2.10. The Morgan fingerprint density at radius 2 is 1.64 bits per heavy atom. The summed E-state index contributed by atoms with van der Waals surface area (Å²) in [4.78, 5) is 16.2. The Kier molecular flexibility index (Phi) is 7.37. The number of ether oxygens (including phenoxy) is 3. The van der Waals surface area contributed by atoms with E-state index in [1.54, 1.807) is 24.3 Å². The normalized spacial score (nSPS) is 10.6. The molecule has 0 N–H and O–H groups in total. The van der Waals surface area contributed by atoms with Crippen molar-refractivity contribution in [2.45, 2.75) is 20.5 Å². The highest BCUT2D eigenvalue weighted by atomic mass is 32.1. The molecule has 0 atom stereocenters. The molecule has 3 aromatic carbocycles. The van der Waals surface area contributed by atoms with Crippen molar-refractivity contribution in [3.8, 4) is 33.9 Å². The van der Waals surface area contributed by atoms with E-state index in [9.17, 15) is 4.79 Å². The first kappa shape index (κ1) is 22.6. The third-order valence-corrected chi connectivity index (χ3v) is 5.82. The number of aryl methyl sites for hydroxylation is 1. The number of hydrogen-bond acceptors (Lipinski definition) is 6. The van der Waals surface area contributed by atoms with Crippen molar-refractivity contribution in [2.24, 2.45) is 0 Å². The summed E-state index contributed by atoms with van der Waals surface area (Å²) in [6, 6.07) is 24.3. The van der Waals surface area contributed by atoms with Gasteiger partial charge in [-0.05, 0) is 48.7 Å². The van der Waals surface area contributed by atoms with Gasteiger partial charge in [0.1, 0.15) is 23.1 Å². The zero-order valence-electron chi connectivity index (χ0n) is 18.6. The lowest BCUT2D eigenvalue weighted by molar-refractivity contribution is -0.145. The van der Waals surface area contributed by atoms with E-state index in [1.807, 2.05) is 42.6 Å². The number of hydrogen-bond donors (Lipinski definition) is 0. The number of aromatic nitrogens is 1. The zero-order chi connectivity index (χ0) is 23.0. The summed E-state index contributed by atoms with van der Waals surface area (Å²) in [6.07, 6.45) is 0. The molecule has 0 saturated heterocycles. The SMILES string of the molecule is CCOC(=O)COc1ccc(OCc2nc(-c3ccc(-c4ccccc4)cc3)cs2)cc1C. The van der Waals surface area contributed by atoms with Crippen LogP contribution in [0.1, 0.15) is 17.5 Å². The molecule has 4 aromatic rings. The smallest absolute Gasteiger partial charge is 0.344 e. The quantitative estimate of drug-likeness (QED) is 0.275. The molecule has 0 aliphatic heterocycles. The van der Waals surface area contributed by atoms with Crippen molar-refractivity contribution in [3.63, 3.8) is 0 Å². The maximum absolute atomic E-state index is 11.5. The minimum atomic E-state index is -0.383. The molecule has 33 heavy (non-hydrogen) atoms. The molecular weight excluding hydrogens is 434 g/mol. The summed E-state index contributed by atoms with van der Waals surface area (Å²) in [6.45, 7) is 4.29. The molecule has 0 saturated carbocycles. The molecular formula is C27H25NO4S. The summed E-state index contributed by atoms with van der Waals surface area (Å²) in [7, 11) is 0. The zero-order valence-corrected chi connectivity index (χ0v) is 19.4. The molecule has 0 bridgehead atoms. The predicted octanol–water partition coefficient (Wildman–Crippen LogP) is 6.31. The molecule has 5 nitrogen and oxygen atoms in total. The summed E-state index contributed by atoms with van der Waals surface area (Å²) in [5.41, 5.74) is 5.29. The largest absolute Gasteiger partial charge is 0.486 e. The van der Waals surface area contributed by atoms with E-state index < -0.39 is 0 Å². The van der Waals surface area contributed by atoms with Gasteiger partial charge in [0.2, 0.25) is 0 Å². The number of carbonyl (C=O) groups is 1. The monoisotopic (exact) mass is 459 g/mol. The van der Waals surface area contributed by atoms with Gasteiger partial charge in [0.05, 0.1) is 12.3 Å². The highest BCUT2D eigenvalue weighted by molar-refractivity contribution is 7.09. The van der Waals surface area contributed by atoms with Crippen molar-refractivity contribution in [2.75, 3.05) is 13.2 Å². The van der Waals surface area contributed by atoms with Crippen molar-refractivity contribution in [3.05, 3.63) is 88.7 Å². The van der Waals surface area contributed by atoms with E-state index >= 15 is 0 Å². The third kappa shape index (κ3) is 5.99. The summed E-state index contributed by atoms with van der Waals surface area (Å²) in [5.74, 6) is 0.970. The Balaban J connectivity index is 1.34. The van der Waals surface area contributed by atoms with Crippen molar-refractivity contribution >= 4 is 17.3 Å². The highest BCUT2D eigenvalue weighted by Gasteiger charge is 2.09. The molecule has 0 aliphatic carbocycles. The van der Waals surface area contributed by atoms with Crippen molar-refractivity contribution in [1.29, 1.82) is 0 Å². The molecule has 0 fully saturated rings. The minimum Gasteiger partial charge on any atom is -0.486 e. The molecule has 0 radical (unpaired) electrons. The Morgan fingerprint density at radius 1 is 0.909 bits per heavy atom. The summed E-state index contributed by atoms with van der Waals surface area (Å²) < 4.78 is 16.3. The van der Waals surface area contributed by atoms with Gasteiger partial charge in [-0.2, -0.15) is 0 Å². The maximum atomic E-state index is 11.5. The summed E-state index contributed by atoms with van der Waals surface area (Å²) >= 11 is 1.58. The van der Waals surface area contributed by atoms with Gasteiger partial charge in [0, 0.05) is 10.9 Å². The maximum Gasteiger partial charge on any atom is 0.344 e. The van der Waals surface area contributed by atoms with Gasteiger partial charge < -0.3 is 14.2 Å². The van der Waals surface area contributed by atoms with Gasteiger partial charge in [-0.15, -0.1) is 11.3 Å². The Labute approximate surface area is 197 Å². The van der Waals surface area contributed by atoms with Crippen LogP contribution in [0.2, 0.25) is 0 Å². The van der Waals surface area contributed by atoms with Crippen LogP contribution >= 0.6 is 11.3 Å². The molecule has 168 valence electrons. The topological polar surface area (TPSA) is 57.7 Å². The van der Waals surface area contributed by atoms with Crippen LogP contribution in [-0.2, 0) is 16.1 Å². The second-order valence-corrected chi connectivity index (χ2v) is 8.32. The first-order chi connectivity index (χ1) is 16.1. The van der Waals surface area contributed by atoms with Crippen LogP contribution in [0.4, 0.5) is 0 Å². The minimum absolute atomic E-state index is 0.108. The van der Waals surface area contributed by atoms with Crippen molar-refractivity contribution < 1.29 is 19.0 Å². The molecule has 4 rings (SSSR count). The number of nitrogens with zero attached hydrogens (tertiary/aromatic N) is 1. The molecule has 1 heterocycles. The van der Waals surface area contributed by atoms with Crippen molar-refractivity contribution in [1.82, 2.24) is 4.98 Å². The highest BCUT2D eigenvalue weighted by Crippen LogP contribution is 2.28. The van der Waals surface area contributed by atoms with Crippen LogP contribution in [0.15, 0.2) is 78.2 Å².